The predicted octanol–water partition coefficient (Wildman–Crippen LogP) is 3.00. The smallest absolute Gasteiger partial charge is 0.407 e. The number of carbonyl (C=O) groups is 1. The standard InChI is InChI=1S/C17H21N3O2S/c1-12-18-9-16(23-12)10-19-14-7-15(8-14)20-17(21)22-11-13-5-3-2-4-6-13/h2-6,9,14-15,19H,7-8,10-11H2,1H3,(H,20,21). The molecule has 0 bridgehead atoms. The van der Waals surface area contributed by atoms with E-state index in [-0.39, 0.29) is 12.1 Å². The Balaban J connectivity index is 1.30. The Labute approximate surface area is 140 Å². The molecule has 6 heteroatoms. The number of benzene rings is 1. The van der Waals surface area contributed by atoms with Crippen LogP contribution < -0.4 is 10.6 Å². The molecule has 122 valence electrons. The minimum Gasteiger partial charge on any atom is -0.445 e. The normalized spacial score (nSPS) is 19.9. The molecule has 5 nitrogen and oxygen atoms in total. The van der Waals surface area contributed by atoms with Gasteiger partial charge in [-0.1, -0.05) is 30.3 Å². The summed E-state index contributed by atoms with van der Waals surface area (Å²) >= 11 is 1.72. The summed E-state index contributed by atoms with van der Waals surface area (Å²) in [7, 11) is 0. The SMILES string of the molecule is Cc1ncc(CNC2CC(NC(=O)OCc3ccccc3)C2)s1. The molecule has 1 amide bonds. The highest BCUT2D eigenvalue weighted by Crippen LogP contribution is 2.21. The van der Waals surface area contributed by atoms with Gasteiger partial charge in [-0.15, -0.1) is 11.3 Å². The zero-order valence-electron chi connectivity index (χ0n) is 13.1. The molecule has 0 radical (unpaired) electrons. The van der Waals surface area contributed by atoms with Gasteiger partial charge in [0.05, 0.1) is 5.01 Å². The highest BCUT2D eigenvalue weighted by molar-refractivity contribution is 7.11. The maximum atomic E-state index is 11.7. The molecule has 23 heavy (non-hydrogen) atoms. The Hall–Kier alpha value is -1.92. The summed E-state index contributed by atoms with van der Waals surface area (Å²) in [6.45, 7) is 3.17. The van der Waals surface area contributed by atoms with E-state index in [1.54, 1.807) is 11.3 Å². The fraction of sp³-hybridized carbons (Fsp3) is 0.412. The fourth-order valence-corrected chi connectivity index (χ4v) is 3.31. The van der Waals surface area contributed by atoms with Crippen LogP contribution in [0.2, 0.25) is 0 Å². The highest BCUT2D eigenvalue weighted by Gasteiger charge is 2.30. The fourth-order valence-electron chi connectivity index (χ4n) is 2.57. The monoisotopic (exact) mass is 331 g/mol. The number of hydrogen-bond donors (Lipinski definition) is 2. The molecule has 0 spiro atoms. The van der Waals surface area contributed by atoms with Crippen LogP contribution in [0.4, 0.5) is 4.79 Å². The molecule has 0 aliphatic heterocycles. The lowest BCUT2D eigenvalue weighted by Gasteiger charge is -2.36. The first-order valence-corrected chi connectivity index (χ1v) is 8.62. The highest BCUT2D eigenvalue weighted by atomic mass is 32.1. The number of amides is 1. The van der Waals surface area contributed by atoms with Crippen LogP contribution in [0.3, 0.4) is 0 Å². The van der Waals surface area contributed by atoms with Gasteiger partial charge in [0.25, 0.3) is 0 Å². The van der Waals surface area contributed by atoms with Gasteiger partial charge in [0, 0.05) is 29.7 Å². The maximum Gasteiger partial charge on any atom is 0.407 e. The molecular formula is C17H21N3O2S. The molecule has 1 fully saturated rings. The van der Waals surface area contributed by atoms with Gasteiger partial charge in [0.1, 0.15) is 6.61 Å². The van der Waals surface area contributed by atoms with Crippen LogP contribution in [0, 0.1) is 6.92 Å². The van der Waals surface area contributed by atoms with Crippen molar-refractivity contribution in [2.45, 2.75) is 45.0 Å². The summed E-state index contributed by atoms with van der Waals surface area (Å²) in [4.78, 5) is 17.2. The Morgan fingerprint density at radius 3 is 2.78 bits per heavy atom. The predicted molar refractivity (Wildman–Crippen MR) is 90.3 cm³/mol. The first-order chi connectivity index (χ1) is 11.2. The quantitative estimate of drug-likeness (QED) is 0.854. The number of alkyl carbamates (subject to hydrolysis) is 1. The molecule has 3 rings (SSSR count). The molecule has 1 heterocycles. The van der Waals surface area contributed by atoms with E-state index in [1.165, 1.54) is 4.88 Å². The summed E-state index contributed by atoms with van der Waals surface area (Å²) in [5, 5.41) is 7.49. The average molecular weight is 331 g/mol. The van der Waals surface area contributed by atoms with Crippen molar-refractivity contribution >= 4 is 17.4 Å². The zero-order valence-corrected chi connectivity index (χ0v) is 13.9. The summed E-state index contributed by atoms with van der Waals surface area (Å²) in [6.07, 6.45) is 3.47. The van der Waals surface area contributed by atoms with Gasteiger partial charge in [-0.25, -0.2) is 9.78 Å². The van der Waals surface area contributed by atoms with Gasteiger partial charge in [-0.2, -0.15) is 0 Å². The molecule has 0 atom stereocenters. The minimum atomic E-state index is -0.338. The number of nitrogens with one attached hydrogen (secondary N) is 2. The van der Waals surface area contributed by atoms with Crippen LogP contribution in [-0.2, 0) is 17.9 Å². The molecule has 1 aromatic heterocycles. The molecule has 2 N–H and O–H groups in total. The number of thiazole rings is 1. The first-order valence-electron chi connectivity index (χ1n) is 7.81. The second-order valence-electron chi connectivity index (χ2n) is 5.80. The maximum absolute atomic E-state index is 11.7. The Morgan fingerprint density at radius 2 is 2.09 bits per heavy atom. The molecule has 2 aromatic rings. The third kappa shape index (κ3) is 4.77. The van der Waals surface area contributed by atoms with Gasteiger partial charge in [0.15, 0.2) is 0 Å². The van der Waals surface area contributed by atoms with Crippen molar-refractivity contribution in [3.63, 3.8) is 0 Å². The van der Waals surface area contributed by atoms with Crippen LogP contribution in [0.5, 0.6) is 0 Å². The summed E-state index contributed by atoms with van der Waals surface area (Å²) in [5.74, 6) is 0. The summed E-state index contributed by atoms with van der Waals surface area (Å²) in [6, 6.07) is 10.4. The second-order valence-corrected chi connectivity index (χ2v) is 7.12. The van der Waals surface area contributed by atoms with Crippen molar-refractivity contribution in [3.8, 4) is 0 Å². The van der Waals surface area contributed by atoms with Crippen LogP contribution in [-0.4, -0.2) is 23.2 Å². The average Bonchev–Trinajstić information content (AvgIpc) is 2.94. The van der Waals surface area contributed by atoms with Crippen molar-refractivity contribution in [2.75, 3.05) is 0 Å². The zero-order chi connectivity index (χ0) is 16.1. The van der Waals surface area contributed by atoms with E-state index in [1.807, 2.05) is 43.5 Å². The number of hydrogen-bond acceptors (Lipinski definition) is 5. The van der Waals surface area contributed by atoms with Crippen molar-refractivity contribution in [2.24, 2.45) is 0 Å². The van der Waals surface area contributed by atoms with Crippen LogP contribution in [0.15, 0.2) is 36.5 Å². The van der Waals surface area contributed by atoms with Crippen molar-refractivity contribution in [1.82, 2.24) is 15.6 Å². The van der Waals surface area contributed by atoms with Crippen LogP contribution >= 0.6 is 11.3 Å². The number of nitrogens with zero attached hydrogens (tertiary/aromatic N) is 1. The lowest BCUT2D eigenvalue weighted by Crippen LogP contribution is -2.52. The lowest BCUT2D eigenvalue weighted by atomic mass is 9.87. The van der Waals surface area contributed by atoms with E-state index in [4.69, 9.17) is 4.74 Å². The molecular weight excluding hydrogens is 310 g/mol. The molecule has 0 unspecified atom stereocenters. The van der Waals surface area contributed by atoms with Gasteiger partial charge in [-0.05, 0) is 25.3 Å². The molecule has 1 aromatic carbocycles. The Kier molecular flexibility index (Phi) is 5.25. The second kappa shape index (κ2) is 7.57. The summed E-state index contributed by atoms with van der Waals surface area (Å²) < 4.78 is 5.22. The van der Waals surface area contributed by atoms with Gasteiger partial charge in [0.2, 0.25) is 0 Å². The number of rotatable bonds is 6. The third-order valence-corrected chi connectivity index (χ3v) is 4.82. The van der Waals surface area contributed by atoms with Crippen LogP contribution in [0.1, 0.15) is 28.3 Å². The topological polar surface area (TPSA) is 63.2 Å². The number of carbonyl (C=O) groups excluding carboxylic acids is 1. The van der Waals surface area contributed by atoms with Gasteiger partial charge >= 0.3 is 6.09 Å². The number of ether oxygens (including phenoxy) is 1. The van der Waals surface area contributed by atoms with E-state index in [0.717, 1.165) is 30.0 Å². The van der Waals surface area contributed by atoms with Crippen molar-refractivity contribution < 1.29 is 9.53 Å². The van der Waals surface area contributed by atoms with Crippen molar-refractivity contribution in [3.05, 3.63) is 52.0 Å². The number of aromatic nitrogens is 1. The molecule has 1 aliphatic rings. The Bertz CT molecular complexity index is 638. The molecule has 0 saturated heterocycles. The van der Waals surface area contributed by atoms with E-state index >= 15 is 0 Å². The van der Waals surface area contributed by atoms with Gasteiger partial charge in [-0.3, -0.25) is 0 Å². The van der Waals surface area contributed by atoms with E-state index in [0.29, 0.717) is 12.6 Å². The third-order valence-electron chi connectivity index (χ3n) is 3.91. The van der Waals surface area contributed by atoms with E-state index in [9.17, 15) is 4.79 Å². The summed E-state index contributed by atoms with van der Waals surface area (Å²) in [5.41, 5.74) is 0.996. The number of aryl methyl sites for hydroxylation is 1. The largest absolute Gasteiger partial charge is 0.445 e. The van der Waals surface area contributed by atoms with Gasteiger partial charge < -0.3 is 15.4 Å². The first kappa shape index (κ1) is 16.0. The van der Waals surface area contributed by atoms with E-state index in [2.05, 4.69) is 15.6 Å². The Morgan fingerprint density at radius 1 is 1.30 bits per heavy atom. The lowest BCUT2D eigenvalue weighted by molar-refractivity contribution is 0.125. The molecule has 1 saturated carbocycles. The van der Waals surface area contributed by atoms with Crippen molar-refractivity contribution in [1.29, 1.82) is 0 Å². The minimum absolute atomic E-state index is 0.207. The van der Waals surface area contributed by atoms with E-state index < -0.39 is 0 Å². The van der Waals surface area contributed by atoms with Crippen LogP contribution in [0.25, 0.3) is 0 Å². The molecule has 1 aliphatic carbocycles.